The summed E-state index contributed by atoms with van der Waals surface area (Å²) >= 11 is 5.83. The molecule has 0 atom stereocenters. The van der Waals surface area contributed by atoms with Gasteiger partial charge in [-0.15, -0.1) is 0 Å². The van der Waals surface area contributed by atoms with Crippen LogP contribution in [0.4, 0.5) is 0 Å². The van der Waals surface area contributed by atoms with E-state index in [0.29, 0.717) is 42.5 Å². The fourth-order valence-electron chi connectivity index (χ4n) is 3.16. The Morgan fingerprint density at radius 1 is 1.16 bits per heavy atom. The molecule has 1 fully saturated rings. The van der Waals surface area contributed by atoms with Gasteiger partial charge in [-0.05, 0) is 48.4 Å². The van der Waals surface area contributed by atoms with Gasteiger partial charge in [0.25, 0.3) is 5.91 Å². The van der Waals surface area contributed by atoms with Crippen molar-refractivity contribution in [3.8, 4) is 5.75 Å². The minimum atomic E-state index is -0.575. The summed E-state index contributed by atoms with van der Waals surface area (Å²) in [4.78, 5) is 39.6. The van der Waals surface area contributed by atoms with Gasteiger partial charge in [-0.25, -0.2) is 4.79 Å². The number of esters is 1. The minimum Gasteiger partial charge on any atom is -0.492 e. The molecular weight excluding hydrogens is 420 g/mol. The fraction of sp³-hybridized carbons (Fsp3) is 0.348. The van der Waals surface area contributed by atoms with E-state index in [1.165, 1.54) is 4.90 Å². The van der Waals surface area contributed by atoms with Crippen molar-refractivity contribution in [2.24, 2.45) is 0 Å². The van der Waals surface area contributed by atoms with Crippen molar-refractivity contribution in [3.63, 3.8) is 0 Å². The monoisotopic (exact) mass is 444 g/mol. The molecule has 0 aromatic heterocycles. The Morgan fingerprint density at radius 2 is 1.94 bits per heavy atom. The third-order valence-electron chi connectivity index (χ3n) is 4.97. The van der Waals surface area contributed by atoms with Gasteiger partial charge in [0.05, 0.1) is 12.1 Å². The van der Waals surface area contributed by atoms with Crippen molar-refractivity contribution >= 4 is 29.4 Å². The first-order chi connectivity index (χ1) is 14.9. The van der Waals surface area contributed by atoms with E-state index in [9.17, 15) is 14.4 Å². The molecule has 0 bridgehead atoms. The molecule has 0 N–H and O–H groups in total. The number of hydrogen-bond acceptors (Lipinski definition) is 5. The number of carbonyl (C=O) groups excluding carboxylic acids is 3. The molecule has 0 unspecified atom stereocenters. The molecule has 0 aliphatic carbocycles. The number of likely N-dealkylation sites (tertiary alicyclic amines) is 1. The van der Waals surface area contributed by atoms with Gasteiger partial charge in [-0.2, -0.15) is 0 Å². The normalized spacial score (nSPS) is 13.2. The standard InChI is InChI=1S/C23H25ClN2O5/c1-25(12-13-30-20-9-7-19(24)8-10-20)22(28)16-31-23(29)18-5-2-4-17(14-18)15-26-11-3-6-21(26)27/h2,4-5,7-10,14H,3,6,11-13,15-16H2,1H3. The van der Waals surface area contributed by atoms with Gasteiger partial charge in [-0.1, -0.05) is 23.7 Å². The van der Waals surface area contributed by atoms with Crippen molar-refractivity contribution < 1.29 is 23.9 Å². The highest BCUT2D eigenvalue weighted by molar-refractivity contribution is 6.30. The van der Waals surface area contributed by atoms with Crippen LogP contribution in [0.25, 0.3) is 0 Å². The second-order valence-corrected chi connectivity index (χ2v) is 7.75. The van der Waals surface area contributed by atoms with Gasteiger partial charge in [0.2, 0.25) is 5.91 Å². The predicted octanol–water partition coefficient (Wildman–Crippen LogP) is 3.16. The summed E-state index contributed by atoms with van der Waals surface area (Å²) in [6.07, 6.45) is 1.43. The first-order valence-electron chi connectivity index (χ1n) is 10.1. The number of hydrogen-bond donors (Lipinski definition) is 0. The average Bonchev–Trinajstić information content (AvgIpc) is 3.17. The summed E-state index contributed by atoms with van der Waals surface area (Å²) in [6, 6.07) is 13.9. The van der Waals surface area contributed by atoms with Crippen molar-refractivity contribution in [1.82, 2.24) is 9.80 Å². The van der Waals surface area contributed by atoms with E-state index in [-0.39, 0.29) is 18.4 Å². The Kier molecular flexibility index (Phi) is 7.89. The first kappa shape index (κ1) is 22.6. The number of nitrogens with zero attached hydrogens (tertiary/aromatic N) is 2. The molecule has 8 heteroatoms. The summed E-state index contributed by atoms with van der Waals surface area (Å²) in [7, 11) is 1.62. The summed E-state index contributed by atoms with van der Waals surface area (Å²) in [6.45, 7) is 1.49. The van der Waals surface area contributed by atoms with Crippen LogP contribution in [0.1, 0.15) is 28.8 Å². The van der Waals surface area contributed by atoms with Gasteiger partial charge >= 0.3 is 5.97 Å². The molecule has 2 amide bonds. The van der Waals surface area contributed by atoms with Crippen LogP contribution in [0.15, 0.2) is 48.5 Å². The van der Waals surface area contributed by atoms with Gasteiger partial charge in [0.1, 0.15) is 12.4 Å². The highest BCUT2D eigenvalue weighted by atomic mass is 35.5. The smallest absolute Gasteiger partial charge is 0.338 e. The molecule has 3 rings (SSSR count). The van der Waals surface area contributed by atoms with Crippen LogP contribution in [0.2, 0.25) is 5.02 Å². The lowest BCUT2D eigenvalue weighted by atomic mass is 10.1. The lowest BCUT2D eigenvalue weighted by Gasteiger charge is -2.18. The molecule has 0 saturated carbocycles. The minimum absolute atomic E-state index is 0.127. The van der Waals surface area contributed by atoms with Crippen molar-refractivity contribution in [1.29, 1.82) is 0 Å². The maximum atomic E-state index is 12.3. The highest BCUT2D eigenvalue weighted by Gasteiger charge is 2.20. The zero-order chi connectivity index (χ0) is 22.2. The Bertz CT molecular complexity index is 932. The second-order valence-electron chi connectivity index (χ2n) is 7.31. The molecule has 1 heterocycles. The molecule has 1 aliphatic rings. The van der Waals surface area contributed by atoms with Crippen LogP contribution in [-0.2, 0) is 20.9 Å². The number of rotatable bonds is 9. The third-order valence-corrected chi connectivity index (χ3v) is 5.22. The molecule has 164 valence electrons. The maximum Gasteiger partial charge on any atom is 0.338 e. The van der Waals surface area contributed by atoms with E-state index in [1.54, 1.807) is 54.4 Å². The number of ether oxygens (including phenoxy) is 2. The lowest BCUT2D eigenvalue weighted by molar-refractivity contribution is -0.133. The first-order valence-corrected chi connectivity index (χ1v) is 10.5. The summed E-state index contributed by atoms with van der Waals surface area (Å²) in [5.41, 5.74) is 1.21. The summed E-state index contributed by atoms with van der Waals surface area (Å²) < 4.78 is 10.7. The van der Waals surface area contributed by atoms with E-state index in [4.69, 9.17) is 21.1 Å². The predicted molar refractivity (Wildman–Crippen MR) is 116 cm³/mol. The Labute approximate surface area is 186 Å². The fourth-order valence-corrected chi connectivity index (χ4v) is 3.29. The number of halogens is 1. The summed E-state index contributed by atoms with van der Waals surface area (Å²) in [5, 5.41) is 0.622. The Balaban J connectivity index is 1.42. The van der Waals surface area contributed by atoms with E-state index in [1.807, 2.05) is 6.07 Å². The van der Waals surface area contributed by atoms with Crippen LogP contribution in [-0.4, -0.2) is 60.9 Å². The van der Waals surface area contributed by atoms with Crippen molar-refractivity contribution in [2.45, 2.75) is 19.4 Å². The van der Waals surface area contributed by atoms with E-state index < -0.39 is 5.97 Å². The molecule has 0 radical (unpaired) electrons. The van der Waals surface area contributed by atoms with Crippen molar-refractivity contribution in [2.75, 3.05) is 33.4 Å². The number of amides is 2. The largest absolute Gasteiger partial charge is 0.492 e. The zero-order valence-corrected chi connectivity index (χ0v) is 18.1. The van der Waals surface area contributed by atoms with Crippen LogP contribution in [0, 0.1) is 0 Å². The lowest BCUT2D eigenvalue weighted by Crippen LogP contribution is -2.34. The molecule has 1 aliphatic heterocycles. The molecule has 1 saturated heterocycles. The molecule has 31 heavy (non-hydrogen) atoms. The average molecular weight is 445 g/mol. The van der Waals surface area contributed by atoms with E-state index in [2.05, 4.69) is 0 Å². The van der Waals surface area contributed by atoms with Gasteiger partial charge < -0.3 is 19.3 Å². The number of benzene rings is 2. The van der Waals surface area contributed by atoms with Crippen LogP contribution < -0.4 is 4.74 Å². The number of carbonyl (C=O) groups is 3. The topological polar surface area (TPSA) is 76.2 Å². The Hall–Kier alpha value is -3.06. The summed E-state index contributed by atoms with van der Waals surface area (Å²) in [5.74, 6) is -0.116. The second kappa shape index (κ2) is 10.8. The zero-order valence-electron chi connectivity index (χ0n) is 17.4. The van der Waals surface area contributed by atoms with Gasteiger partial charge in [0, 0.05) is 31.6 Å². The van der Waals surface area contributed by atoms with E-state index >= 15 is 0 Å². The SMILES string of the molecule is CN(CCOc1ccc(Cl)cc1)C(=O)COC(=O)c1cccc(CN2CCCC2=O)c1. The van der Waals surface area contributed by atoms with Gasteiger partial charge in [0.15, 0.2) is 6.61 Å². The maximum absolute atomic E-state index is 12.3. The van der Waals surface area contributed by atoms with Crippen LogP contribution in [0.5, 0.6) is 5.75 Å². The molecule has 2 aromatic carbocycles. The highest BCUT2D eigenvalue weighted by Crippen LogP contribution is 2.16. The molecule has 7 nitrogen and oxygen atoms in total. The number of likely N-dealkylation sites (N-methyl/N-ethyl adjacent to an activating group) is 1. The van der Waals surface area contributed by atoms with Gasteiger partial charge in [-0.3, -0.25) is 9.59 Å². The molecule has 0 spiro atoms. The van der Waals surface area contributed by atoms with Crippen LogP contribution >= 0.6 is 11.6 Å². The van der Waals surface area contributed by atoms with E-state index in [0.717, 1.165) is 18.5 Å². The van der Waals surface area contributed by atoms with Crippen molar-refractivity contribution in [3.05, 3.63) is 64.7 Å². The molecule has 2 aromatic rings. The molecular formula is C23H25ClN2O5. The Morgan fingerprint density at radius 3 is 2.65 bits per heavy atom. The third kappa shape index (κ3) is 6.72. The van der Waals surface area contributed by atoms with Crippen LogP contribution in [0.3, 0.4) is 0 Å². The quantitative estimate of drug-likeness (QED) is 0.555.